The van der Waals surface area contributed by atoms with E-state index < -0.39 is 5.97 Å². The van der Waals surface area contributed by atoms with Gasteiger partial charge in [-0.15, -0.1) is 10.2 Å². The van der Waals surface area contributed by atoms with Gasteiger partial charge in [-0.3, -0.25) is 9.47 Å². The van der Waals surface area contributed by atoms with Crippen LogP contribution in [0.5, 0.6) is 0 Å². The van der Waals surface area contributed by atoms with Gasteiger partial charge in [0.1, 0.15) is 11.4 Å². The number of aromatic nitrogens is 3. The molecule has 0 saturated carbocycles. The number of nitrogens with zero attached hydrogens (tertiary/aromatic N) is 4. The summed E-state index contributed by atoms with van der Waals surface area (Å²) < 4.78 is 26.5. The average molecular weight is 469 g/mol. The lowest BCUT2D eigenvalue weighted by atomic mass is 10.1. The molecule has 2 aromatic carbocycles. The molecule has 33 heavy (non-hydrogen) atoms. The first-order valence-corrected chi connectivity index (χ1v) is 11.6. The maximum Gasteiger partial charge on any atom is 0.374 e. The van der Waals surface area contributed by atoms with E-state index in [2.05, 4.69) is 10.2 Å². The first-order chi connectivity index (χ1) is 15.9. The summed E-state index contributed by atoms with van der Waals surface area (Å²) in [4.78, 5) is 14.6. The maximum absolute atomic E-state index is 13.6. The number of thioether (sulfide) groups is 1. The summed E-state index contributed by atoms with van der Waals surface area (Å²) in [5.41, 5.74) is 2.12. The van der Waals surface area contributed by atoms with Gasteiger partial charge in [0.15, 0.2) is 11.0 Å². The SMILES string of the molecule is CCOC(=O)c1oc2ccccc2c1CSc1nnc([C@H](C)N(C)C)n1-c1ccc(F)cc1. The van der Waals surface area contributed by atoms with Crippen molar-refractivity contribution >= 4 is 28.7 Å². The first-order valence-electron chi connectivity index (χ1n) is 10.6. The standard InChI is InChI=1S/C24H25FN4O3S/c1-5-31-23(30)21-19(18-8-6-7-9-20(18)32-21)14-33-24-27-26-22(15(2)28(3)4)29(24)17-12-10-16(25)11-13-17/h6-13,15H,5,14H2,1-4H3/t15-/m0/s1. The number of esters is 1. The third kappa shape index (κ3) is 4.65. The first kappa shape index (κ1) is 23.0. The molecule has 0 saturated heterocycles. The van der Waals surface area contributed by atoms with Crippen LogP contribution in [0.4, 0.5) is 4.39 Å². The zero-order valence-electron chi connectivity index (χ0n) is 18.9. The number of benzene rings is 2. The van der Waals surface area contributed by atoms with Gasteiger partial charge in [0.05, 0.1) is 12.6 Å². The van der Waals surface area contributed by atoms with Crippen molar-refractivity contribution in [3.8, 4) is 5.69 Å². The number of ether oxygens (including phenoxy) is 1. The minimum atomic E-state index is -0.494. The van der Waals surface area contributed by atoms with Crippen LogP contribution in [0.25, 0.3) is 16.7 Å². The highest BCUT2D eigenvalue weighted by Crippen LogP contribution is 2.34. The second-order valence-electron chi connectivity index (χ2n) is 7.71. The lowest BCUT2D eigenvalue weighted by Crippen LogP contribution is -2.20. The maximum atomic E-state index is 13.6. The van der Waals surface area contributed by atoms with Gasteiger partial charge in [0.2, 0.25) is 5.76 Å². The predicted molar refractivity (Wildman–Crippen MR) is 125 cm³/mol. The zero-order valence-corrected chi connectivity index (χ0v) is 19.7. The molecule has 0 aliphatic carbocycles. The molecule has 7 nitrogen and oxygen atoms in total. The topological polar surface area (TPSA) is 73.4 Å². The molecule has 0 bridgehead atoms. The van der Waals surface area contributed by atoms with Gasteiger partial charge in [-0.1, -0.05) is 30.0 Å². The third-order valence-electron chi connectivity index (χ3n) is 5.40. The largest absolute Gasteiger partial charge is 0.460 e. The van der Waals surface area contributed by atoms with Crippen molar-refractivity contribution in [2.45, 2.75) is 30.8 Å². The van der Waals surface area contributed by atoms with Crippen LogP contribution in [0.2, 0.25) is 0 Å². The van der Waals surface area contributed by atoms with E-state index in [1.807, 2.05) is 54.8 Å². The minimum absolute atomic E-state index is 0.0262. The molecule has 4 aromatic rings. The van der Waals surface area contributed by atoms with Gasteiger partial charge < -0.3 is 9.15 Å². The highest BCUT2D eigenvalue weighted by molar-refractivity contribution is 7.98. The van der Waals surface area contributed by atoms with Crippen molar-refractivity contribution in [1.29, 1.82) is 0 Å². The predicted octanol–water partition coefficient (Wildman–Crippen LogP) is 5.24. The molecule has 4 rings (SSSR count). The summed E-state index contributed by atoms with van der Waals surface area (Å²) in [5, 5.41) is 10.3. The molecule has 172 valence electrons. The molecule has 0 spiro atoms. The fourth-order valence-electron chi connectivity index (χ4n) is 3.45. The smallest absolute Gasteiger partial charge is 0.374 e. The summed E-state index contributed by atoms with van der Waals surface area (Å²) in [6.45, 7) is 4.04. The molecular weight excluding hydrogens is 443 g/mol. The second kappa shape index (κ2) is 9.76. The van der Waals surface area contributed by atoms with E-state index in [9.17, 15) is 9.18 Å². The molecule has 0 amide bonds. The van der Waals surface area contributed by atoms with Gasteiger partial charge in [-0.25, -0.2) is 9.18 Å². The molecule has 0 fully saturated rings. The third-order valence-corrected chi connectivity index (χ3v) is 6.35. The normalized spacial score (nSPS) is 12.4. The molecule has 1 atom stereocenters. The van der Waals surface area contributed by atoms with E-state index in [-0.39, 0.29) is 24.2 Å². The quantitative estimate of drug-likeness (QED) is 0.258. The number of hydrogen-bond acceptors (Lipinski definition) is 7. The molecule has 0 aliphatic heterocycles. The van der Waals surface area contributed by atoms with Crippen molar-refractivity contribution in [2.24, 2.45) is 0 Å². The van der Waals surface area contributed by atoms with Crippen LogP contribution in [0.15, 0.2) is 58.1 Å². The Morgan fingerprint density at radius 3 is 2.61 bits per heavy atom. The summed E-state index contributed by atoms with van der Waals surface area (Å²) in [6, 6.07) is 13.7. The molecular formula is C24H25FN4O3S. The number of furan rings is 1. The van der Waals surface area contributed by atoms with Crippen LogP contribution in [0.3, 0.4) is 0 Å². The van der Waals surface area contributed by atoms with Crippen molar-refractivity contribution < 1.29 is 18.3 Å². The van der Waals surface area contributed by atoms with Crippen molar-refractivity contribution in [3.05, 3.63) is 71.5 Å². The Labute approximate surface area is 195 Å². The van der Waals surface area contributed by atoms with E-state index in [4.69, 9.17) is 9.15 Å². The average Bonchev–Trinajstić information content (AvgIpc) is 3.39. The Morgan fingerprint density at radius 1 is 1.18 bits per heavy atom. The van der Waals surface area contributed by atoms with E-state index in [1.54, 1.807) is 19.1 Å². The Morgan fingerprint density at radius 2 is 1.91 bits per heavy atom. The lowest BCUT2D eigenvalue weighted by molar-refractivity contribution is 0.0491. The summed E-state index contributed by atoms with van der Waals surface area (Å²) in [6.07, 6.45) is 0. The lowest BCUT2D eigenvalue weighted by Gasteiger charge is -2.20. The van der Waals surface area contributed by atoms with Gasteiger partial charge in [-0.2, -0.15) is 0 Å². The number of para-hydroxylation sites is 1. The number of carbonyl (C=O) groups is 1. The molecule has 2 aromatic heterocycles. The van der Waals surface area contributed by atoms with E-state index >= 15 is 0 Å². The van der Waals surface area contributed by atoms with Crippen LogP contribution < -0.4 is 0 Å². The molecule has 9 heteroatoms. The Hall–Kier alpha value is -3.17. The molecule has 0 aliphatic rings. The van der Waals surface area contributed by atoms with Crippen molar-refractivity contribution in [3.63, 3.8) is 0 Å². The van der Waals surface area contributed by atoms with Crippen molar-refractivity contribution in [1.82, 2.24) is 19.7 Å². The monoisotopic (exact) mass is 468 g/mol. The van der Waals surface area contributed by atoms with E-state index in [0.29, 0.717) is 16.5 Å². The van der Waals surface area contributed by atoms with E-state index in [1.165, 1.54) is 23.9 Å². The van der Waals surface area contributed by atoms with Crippen LogP contribution in [-0.4, -0.2) is 46.3 Å². The van der Waals surface area contributed by atoms with Gasteiger partial charge in [0.25, 0.3) is 0 Å². The summed E-state index contributed by atoms with van der Waals surface area (Å²) in [5.74, 6) is 0.538. The van der Waals surface area contributed by atoms with Gasteiger partial charge in [0, 0.05) is 22.4 Å². The second-order valence-corrected chi connectivity index (χ2v) is 8.65. The zero-order chi connectivity index (χ0) is 23.5. The fraction of sp³-hybridized carbons (Fsp3) is 0.292. The molecule has 0 radical (unpaired) electrons. The molecule has 0 N–H and O–H groups in total. The summed E-state index contributed by atoms with van der Waals surface area (Å²) in [7, 11) is 3.93. The van der Waals surface area contributed by atoms with E-state index in [0.717, 1.165) is 22.5 Å². The molecule has 0 unspecified atom stereocenters. The number of fused-ring (bicyclic) bond motifs is 1. The number of hydrogen-bond donors (Lipinski definition) is 0. The van der Waals surface area contributed by atoms with Crippen LogP contribution in [0, 0.1) is 5.82 Å². The Kier molecular flexibility index (Phi) is 6.80. The van der Waals surface area contributed by atoms with Gasteiger partial charge >= 0.3 is 5.97 Å². The van der Waals surface area contributed by atoms with Crippen LogP contribution in [-0.2, 0) is 10.5 Å². The Balaban J connectivity index is 1.74. The minimum Gasteiger partial charge on any atom is -0.460 e. The highest BCUT2D eigenvalue weighted by Gasteiger charge is 2.25. The van der Waals surface area contributed by atoms with Gasteiger partial charge in [-0.05, 0) is 58.3 Å². The van der Waals surface area contributed by atoms with Crippen LogP contribution >= 0.6 is 11.8 Å². The fourth-order valence-corrected chi connectivity index (χ4v) is 4.44. The van der Waals surface area contributed by atoms with Crippen molar-refractivity contribution in [2.75, 3.05) is 20.7 Å². The summed E-state index contributed by atoms with van der Waals surface area (Å²) >= 11 is 1.43. The number of rotatable bonds is 8. The molecule has 2 heterocycles. The Bertz CT molecular complexity index is 1270. The number of halogens is 1. The van der Waals surface area contributed by atoms with Crippen LogP contribution in [0.1, 0.15) is 41.8 Å². The highest BCUT2D eigenvalue weighted by atomic mass is 32.2. The number of carbonyl (C=O) groups excluding carboxylic acids is 1.